The first-order valence-electron chi connectivity index (χ1n) is 11.7. The van der Waals surface area contributed by atoms with Crippen LogP contribution < -0.4 is 20.1 Å². The van der Waals surface area contributed by atoms with Crippen molar-refractivity contribution in [2.24, 2.45) is 5.73 Å². The largest absolute Gasteiger partial charge is 0.442 e. The van der Waals surface area contributed by atoms with Gasteiger partial charge in [-0.15, -0.1) is 4.48 Å². The van der Waals surface area contributed by atoms with Gasteiger partial charge < -0.3 is 10.5 Å². The van der Waals surface area contributed by atoms with Crippen molar-refractivity contribution in [3.63, 3.8) is 0 Å². The van der Waals surface area contributed by atoms with E-state index in [4.69, 9.17) is 10.5 Å². The molecule has 0 saturated heterocycles. The number of anilines is 2. The minimum Gasteiger partial charge on any atom is -0.425 e. The van der Waals surface area contributed by atoms with Gasteiger partial charge in [0, 0.05) is 12.4 Å². The van der Waals surface area contributed by atoms with E-state index < -0.39 is 67.2 Å². The molecular weight excluding hydrogens is 564 g/mol. The van der Waals surface area contributed by atoms with Gasteiger partial charge in [-0.3, -0.25) is 14.5 Å². The van der Waals surface area contributed by atoms with E-state index in [0.717, 1.165) is 19.3 Å². The van der Waals surface area contributed by atoms with Crippen LogP contribution in [0.1, 0.15) is 17.3 Å². The van der Waals surface area contributed by atoms with Crippen LogP contribution in [0.2, 0.25) is 0 Å². The highest BCUT2D eigenvalue weighted by Crippen LogP contribution is 2.30. The van der Waals surface area contributed by atoms with Crippen LogP contribution in [0.4, 0.5) is 25.0 Å². The number of urea groups is 1. The van der Waals surface area contributed by atoms with Gasteiger partial charge in [0.05, 0.1) is 29.4 Å². The number of benzene rings is 2. The van der Waals surface area contributed by atoms with Gasteiger partial charge >= 0.3 is 17.9 Å². The second-order valence-corrected chi connectivity index (χ2v) is 10.6. The summed E-state index contributed by atoms with van der Waals surface area (Å²) in [5, 5.41) is 0. The molecule has 41 heavy (non-hydrogen) atoms. The lowest BCUT2D eigenvalue weighted by Crippen LogP contribution is -2.60. The number of hydrogen-bond donors (Lipinski definition) is 2. The topological polar surface area (TPSA) is 166 Å². The number of nitrogens with one attached hydrogen (secondary N) is 1. The number of sulfonamides is 1. The van der Waals surface area contributed by atoms with E-state index in [2.05, 4.69) is 4.98 Å². The SMILES string of the molecule is C[C@H](N)C(=O)Oc1ccc(N2C(=O)C=C[N+](C)(C(=O)c3c(F)cc(NS(=O)(=O)c4ccncc4)cc3F)C2=O)cc1. The summed E-state index contributed by atoms with van der Waals surface area (Å²) in [5.41, 5.74) is 3.78. The predicted octanol–water partition coefficient (Wildman–Crippen LogP) is 2.68. The Balaban J connectivity index is 1.62. The first-order valence-corrected chi connectivity index (χ1v) is 13.2. The van der Waals surface area contributed by atoms with E-state index in [-0.39, 0.29) is 16.3 Å². The number of ether oxygens (including phenoxy) is 1. The molecule has 2 atom stereocenters. The molecule has 1 unspecified atom stereocenters. The molecule has 1 aliphatic heterocycles. The maximum absolute atomic E-state index is 15.1. The second kappa shape index (κ2) is 11.0. The molecule has 3 N–H and O–H groups in total. The molecule has 4 rings (SSSR count). The lowest BCUT2D eigenvalue weighted by molar-refractivity contribution is -0.685. The molecule has 1 aromatic heterocycles. The third-order valence-electron chi connectivity index (χ3n) is 5.90. The summed E-state index contributed by atoms with van der Waals surface area (Å²) in [6.45, 7) is 1.42. The number of hydrogen-bond acceptors (Lipinski definition) is 9. The van der Waals surface area contributed by atoms with Crippen molar-refractivity contribution in [3.8, 4) is 5.75 Å². The van der Waals surface area contributed by atoms with Crippen LogP contribution in [0, 0.1) is 11.6 Å². The quantitative estimate of drug-likeness (QED) is 0.240. The third kappa shape index (κ3) is 5.72. The Bertz CT molecular complexity index is 1670. The van der Waals surface area contributed by atoms with Crippen LogP contribution in [0.15, 0.2) is 78.1 Å². The molecule has 0 radical (unpaired) electrons. The summed E-state index contributed by atoms with van der Waals surface area (Å²) in [6, 6.07) is 6.54. The lowest BCUT2D eigenvalue weighted by Gasteiger charge is -2.32. The van der Waals surface area contributed by atoms with Gasteiger partial charge in [0.15, 0.2) is 5.56 Å². The Hall–Kier alpha value is -4.86. The molecule has 1 aliphatic rings. The molecule has 0 fully saturated rings. The van der Waals surface area contributed by atoms with Gasteiger partial charge in [-0.25, -0.2) is 31.6 Å². The molecule has 2 aromatic carbocycles. The first kappa shape index (κ1) is 29.1. The summed E-state index contributed by atoms with van der Waals surface area (Å²) in [7, 11) is -3.21. The van der Waals surface area contributed by atoms with Gasteiger partial charge in [0.2, 0.25) is 0 Å². The number of imide groups is 2. The minimum absolute atomic E-state index is 0.0242. The number of aromatic nitrogens is 1. The van der Waals surface area contributed by atoms with E-state index >= 15 is 8.78 Å². The van der Waals surface area contributed by atoms with Crippen LogP contribution in [0.25, 0.3) is 0 Å². The van der Waals surface area contributed by atoms with Crippen LogP contribution in [0.3, 0.4) is 0 Å². The number of amides is 4. The highest BCUT2D eigenvalue weighted by Gasteiger charge is 2.50. The molecule has 15 heteroatoms. The average Bonchev–Trinajstić information content (AvgIpc) is 2.91. The summed E-state index contributed by atoms with van der Waals surface area (Å²) in [5.74, 6) is -5.77. The van der Waals surface area contributed by atoms with E-state index in [1.807, 2.05) is 4.72 Å². The molecule has 12 nitrogen and oxygen atoms in total. The maximum atomic E-state index is 15.1. The molecule has 2 heterocycles. The number of pyridine rings is 1. The van der Waals surface area contributed by atoms with Crippen molar-refractivity contribution in [2.75, 3.05) is 16.7 Å². The summed E-state index contributed by atoms with van der Waals surface area (Å²) >= 11 is 0. The summed E-state index contributed by atoms with van der Waals surface area (Å²) < 4.78 is 60.9. The van der Waals surface area contributed by atoms with Gasteiger partial charge in [-0.1, -0.05) is 0 Å². The Morgan fingerprint density at radius 2 is 1.63 bits per heavy atom. The molecule has 4 amide bonds. The van der Waals surface area contributed by atoms with Gasteiger partial charge in [0.1, 0.15) is 29.6 Å². The van der Waals surface area contributed by atoms with E-state index in [0.29, 0.717) is 17.0 Å². The zero-order valence-electron chi connectivity index (χ0n) is 21.4. The van der Waals surface area contributed by atoms with Crippen molar-refractivity contribution < 1.29 is 45.6 Å². The van der Waals surface area contributed by atoms with Gasteiger partial charge in [-0.05, 0) is 55.5 Å². The number of carbonyl (C=O) groups is 4. The number of rotatable bonds is 7. The fourth-order valence-corrected chi connectivity index (χ4v) is 4.74. The van der Waals surface area contributed by atoms with Gasteiger partial charge in [-0.2, -0.15) is 4.90 Å². The Morgan fingerprint density at radius 1 is 1.05 bits per heavy atom. The van der Waals surface area contributed by atoms with Crippen molar-refractivity contribution in [2.45, 2.75) is 17.9 Å². The van der Waals surface area contributed by atoms with E-state index in [9.17, 15) is 27.6 Å². The number of carbonyl (C=O) groups excluding carboxylic acids is 4. The predicted molar refractivity (Wildman–Crippen MR) is 140 cm³/mol. The van der Waals surface area contributed by atoms with Crippen molar-refractivity contribution in [1.29, 1.82) is 0 Å². The summed E-state index contributed by atoms with van der Waals surface area (Å²) in [4.78, 5) is 55.2. The maximum Gasteiger partial charge on any atom is 0.442 e. The van der Waals surface area contributed by atoms with Crippen LogP contribution in [0.5, 0.6) is 5.75 Å². The van der Waals surface area contributed by atoms with Crippen molar-refractivity contribution in [3.05, 3.63) is 90.4 Å². The molecule has 0 aliphatic carbocycles. The second-order valence-electron chi connectivity index (χ2n) is 8.96. The number of esters is 1. The number of nitrogens with zero attached hydrogens (tertiary/aromatic N) is 3. The smallest absolute Gasteiger partial charge is 0.425 e. The standard InChI is InChI=1S/C26H21F2N5O7S/c1-15(29)25(36)40-18-5-3-17(4-6-18)32-22(34)9-12-33(2,26(32)37)24(35)23-20(27)13-16(14-21(23)28)31-41(38,39)19-7-10-30-11-8-19/h3-15H,29H2,1-2H3/p+1/t15-,33?/m0/s1. The fourth-order valence-electron chi connectivity index (χ4n) is 3.72. The van der Waals surface area contributed by atoms with Crippen molar-refractivity contribution in [1.82, 2.24) is 4.98 Å². The Morgan fingerprint density at radius 3 is 2.20 bits per heavy atom. The summed E-state index contributed by atoms with van der Waals surface area (Å²) in [6.07, 6.45) is 4.19. The van der Waals surface area contributed by atoms with Crippen LogP contribution in [-0.4, -0.2) is 54.8 Å². The van der Waals surface area contributed by atoms with Crippen LogP contribution in [-0.2, 0) is 19.6 Å². The molecule has 0 bridgehead atoms. The molecule has 0 saturated carbocycles. The monoisotopic (exact) mass is 586 g/mol. The Kier molecular flexibility index (Phi) is 7.78. The highest BCUT2D eigenvalue weighted by atomic mass is 32.2. The zero-order valence-corrected chi connectivity index (χ0v) is 22.3. The normalized spacial score (nSPS) is 17.7. The first-order chi connectivity index (χ1) is 19.2. The zero-order chi connectivity index (χ0) is 30.1. The average molecular weight is 587 g/mol. The molecular formula is C26H22F2N5O7S+. The molecule has 0 spiro atoms. The number of quaternary nitrogens is 1. The Labute approximate surface area is 232 Å². The van der Waals surface area contributed by atoms with Crippen LogP contribution >= 0.6 is 0 Å². The molecule has 3 aromatic rings. The van der Waals surface area contributed by atoms with Gasteiger partial charge in [0.25, 0.3) is 15.9 Å². The lowest BCUT2D eigenvalue weighted by atomic mass is 10.1. The third-order valence-corrected chi connectivity index (χ3v) is 7.30. The highest BCUT2D eigenvalue weighted by molar-refractivity contribution is 7.92. The molecule has 212 valence electrons. The van der Waals surface area contributed by atoms with E-state index in [1.165, 1.54) is 55.7 Å². The number of halogens is 2. The fraction of sp³-hybridized carbons (Fsp3) is 0.115. The van der Waals surface area contributed by atoms with Crippen molar-refractivity contribution >= 4 is 45.2 Å². The minimum atomic E-state index is -4.24. The number of nitrogens with two attached hydrogens (primary N) is 1. The van der Waals surface area contributed by atoms with E-state index in [1.54, 1.807) is 0 Å².